The average Bonchev–Trinajstić information content (AvgIpc) is 2.40. The number of rotatable bonds is 9. The molecule has 0 aromatic heterocycles. The second-order valence-electron chi connectivity index (χ2n) is 4.53. The van der Waals surface area contributed by atoms with Gasteiger partial charge >= 0.3 is 5.97 Å². The zero-order chi connectivity index (χ0) is 13.8. The van der Waals surface area contributed by atoms with Gasteiger partial charge in [-0.25, -0.2) is 4.79 Å². The van der Waals surface area contributed by atoms with Crippen molar-refractivity contribution >= 4 is 5.97 Å². The van der Waals surface area contributed by atoms with Crippen molar-refractivity contribution in [2.24, 2.45) is 5.92 Å². The van der Waals surface area contributed by atoms with E-state index >= 15 is 0 Å². The molecule has 3 heteroatoms. The predicted molar refractivity (Wildman–Crippen MR) is 73.1 cm³/mol. The van der Waals surface area contributed by atoms with Gasteiger partial charge in [-0.05, 0) is 32.1 Å². The van der Waals surface area contributed by atoms with Gasteiger partial charge in [0, 0.05) is 6.42 Å². The summed E-state index contributed by atoms with van der Waals surface area (Å²) in [6.45, 7) is 6.69. The standard InChI is InChI=1S/C15H26O3/c1-5-7-8-9-10-11-14(15(16)17-4)18-12-13(3)6-2/h13-14H,6,8-12H2,1-4H3. The largest absolute Gasteiger partial charge is 0.467 e. The molecule has 0 N–H and O–H groups in total. The lowest BCUT2D eigenvalue weighted by atomic mass is 10.1. The highest BCUT2D eigenvalue weighted by atomic mass is 16.6. The molecule has 0 aromatic rings. The number of unbranched alkanes of at least 4 members (excludes halogenated alkanes) is 2. The van der Waals surface area contributed by atoms with Gasteiger partial charge in [0.05, 0.1) is 13.7 Å². The maximum Gasteiger partial charge on any atom is 0.334 e. The van der Waals surface area contributed by atoms with E-state index < -0.39 is 6.10 Å². The van der Waals surface area contributed by atoms with Gasteiger partial charge in [0.25, 0.3) is 0 Å². The third-order valence-electron chi connectivity index (χ3n) is 2.94. The molecule has 0 rings (SSSR count). The first-order valence-electron chi connectivity index (χ1n) is 6.74. The molecule has 0 aliphatic carbocycles. The Hall–Kier alpha value is -1.01. The van der Waals surface area contributed by atoms with Crippen LogP contribution in [0.15, 0.2) is 0 Å². The first-order valence-corrected chi connectivity index (χ1v) is 6.74. The molecule has 3 nitrogen and oxygen atoms in total. The molecule has 0 bridgehead atoms. The normalized spacial score (nSPS) is 13.3. The molecular formula is C15H26O3. The van der Waals surface area contributed by atoms with Gasteiger partial charge in [-0.1, -0.05) is 20.3 Å². The highest BCUT2D eigenvalue weighted by Gasteiger charge is 2.19. The van der Waals surface area contributed by atoms with E-state index in [1.54, 1.807) is 0 Å². The van der Waals surface area contributed by atoms with E-state index in [-0.39, 0.29) is 5.97 Å². The van der Waals surface area contributed by atoms with Crippen molar-refractivity contribution < 1.29 is 14.3 Å². The summed E-state index contributed by atoms with van der Waals surface area (Å²) < 4.78 is 10.4. The first-order chi connectivity index (χ1) is 8.65. The average molecular weight is 254 g/mol. The monoisotopic (exact) mass is 254 g/mol. The van der Waals surface area contributed by atoms with Crippen LogP contribution in [0, 0.1) is 17.8 Å². The molecule has 104 valence electrons. The first kappa shape index (κ1) is 17.0. The van der Waals surface area contributed by atoms with Crippen LogP contribution in [0.1, 0.15) is 52.9 Å². The maximum atomic E-state index is 11.6. The van der Waals surface area contributed by atoms with Crippen LogP contribution < -0.4 is 0 Å². The molecule has 0 aromatic carbocycles. The molecular weight excluding hydrogens is 228 g/mol. The van der Waals surface area contributed by atoms with Crippen LogP contribution in [0.2, 0.25) is 0 Å². The molecule has 0 fully saturated rings. The van der Waals surface area contributed by atoms with Gasteiger partial charge < -0.3 is 9.47 Å². The van der Waals surface area contributed by atoms with Gasteiger partial charge in [-0.3, -0.25) is 0 Å². The fourth-order valence-electron chi connectivity index (χ4n) is 1.47. The van der Waals surface area contributed by atoms with Gasteiger partial charge in [0.2, 0.25) is 0 Å². The Bertz CT molecular complexity index is 275. The third kappa shape index (κ3) is 8.14. The molecule has 0 spiro atoms. The van der Waals surface area contributed by atoms with Crippen LogP contribution >= 0.6 is 0 Å². The Morgan fingerprint density at radius 1 is 1.33 bits per heavy atom. The minimum Gasteiger partial charge on any atom is -0.467 e. The van der Waals surface area contributed by atoms with E-state index in [1.165, 1.54) is 7.11 Å². The molecule has 0 saturated carbocycles. The second-order valence-corrected chi connectivity index (χ2v) is 4.53. The number of methoxy groups -OCH3 is 1. The van der Waals surface area contributed by atoms with Crippen molar-refractivity contribution in [2.45, 2.75) is 59.0 Å². The minimum absolute atomic E-state index is 0.264. The van der Waals surface area contributed by atoms with Crippen LogP contribution in [-0.2, 0) is 14.3 Å². The summed E-state index contributed by atoms with van der Waals surface area (Å²) in [7, 11) is 1.41. The summed E-state index contributed by atoms with van der Waals surface area (Å²) in [5.41, 5.74) is 0. The van der Waals surface area contributed by atoms with Crippen molar-refractivity contribution in [3.8, 4) is 11.8 Å². The van der Waals surface area contributed by atoms with Crippen molar-refractivity contribution in [1.29, 1.82) is 0 Å². The number of ether oxygens (including phenoxy) is 2. The van der Waals surface area contributed by atoms with E-state index in [9.17, 15) is 4.79 Å². The van der Waals surface area contributed by atoms with Crippen LogP contribution in [-0.4, -0.2) is 25.8 Å². The Labute approximate surface area is 111 Å². The number of hydrogen-bond acceptors (Lipinski definition) is 3. The van der Waals surface area contributed by atoms with Crippen LogP contribution in [0.5, 0.6) is 0 Å². The Balaban J connectivity index is 3.98. The topological polar surface area (TPSA) is 35.5 Å². The van der Waals surface area contributed by atoms with Crippen molar-refractivity contribution in [1.82, 2.24) is 0 Å². The van der Waals surface area contributed by atoms with E-state index in [2.05, 4.69) is 25.7 Å². The summed E-state index contributed by atoms with van der Waals surface area (Å²) >= 11 is 0. The lowest BCUT2D eigenvalue weighted by Gasteiger charge is -2.17. The highest BCUT2D eigenvalue weighted by Crippen LogP contribution is 2.11. The second kappa shape index (κ2) is 11.1. The number of hydrogen-bond donors (Lipinski definition) is 0. The zero-order valence-corrected chi connectivity index (χ0v) is 12.1. The van der Waals surface area contributed by atoms with Crippen molar-refractivity contribution in [3.63, 3.8) is 0 Å². The summed E-state index contributed by atoms with van der Waals surface area (Å²) in [5, 5.41) is 0. The molecule has 2 unspecified atom stereocenters. The van der Waals surface area contributed by atoms with E-state index in [0.717, 1.165) is 25.7 Å². The minimum atomic E-state index is -0.418. The molecule has 0 aliphatic rings. The SMILES string of the molecule is CC#CCCCCC(OCC(C)CC)C(=O)OC. The van der Waals surface area contributed by atoms with Gasteiger partial charge in [0.15, 0.2) is 6.10 Å². The predicted octanol–water partition coefficient (Wildman–Crippen LogP) is 3.17. The van der Waals surface area contributed by atoms with Gasteiger partial charge in [-0.2, -0.15) is 0 Å². The number of esters is 1. The molecule has 18 heavy (non-hydrogen) atoms. The van der Waals surface area contributed by atoms with E-state index in [1.807, 2.05) is 6.92 Å². The fraction of sp³-hybridized carbons (Fsp3) is 0.800. The van der Waals surface area contributed by atoms with Crippen LogP contribution in [0.25, 0.3) is 0 Å². The van der Waals surface area contributed by atoms with Gasteiger partial charge in [0.1, 0.15) is 0 Å². The number of carbonyl (C=O) groups is 1. The summed E-state index contributed by atoms with van der Waals surface area (Å²) in [6, 6.07) is 0. The molecule has 0 saturated heterocycles. The van der Waals surface area contributed by atoms with E-state index in [4.69, 9.17) is 9.47 Å². The Morgan fingerprint density at radius 2 is 2.06 bits per heavy atom. The van der Waals surface area contributed by atoms with Crippen LogP contribution in [0.4, 0.5) is 0 Å². The molecule has 0 aliphatic heterocycles. The third-order valence-corrected chi connectivity index (χ3v) is 2.94. The highest BCUT2D eigenvalue weighted by molar-refractivity contribution is 5.74. The molecule has 0 amide bonds. The Kier molecular flexibility index (Phi) is 10.5. The quantitative estimate of drug-likeness (QED) is 0.360. The summed E-state index contributed by atoms with van der Waals surface area (Å²) in [4.78, 5) is 11.6. The van der Waals surface area contributed by atoms with Crippen LogP contribution in [0.3, 0.4) is 0 Å². The molecule has 0 radical (unpaired) electrons. The molecule has 0 heterocycles. The van der Waals surface area contributed by atoms with Crippen molar-refractivity contribution in [3.05, 3.63) is 0 Å². The Morgan fingerprint density at radius 3 is 2.61 bits per heavy atom. The summed E-state index contributed by atoms with van der Waals surface area (Å²) in [5.74, 6) is 6.09. The fourth-order valence-corrected chi connectivity index (χ4v) is 1.47. The lowest BCUT2D eigenvalue weighted by molar-refractivity contribution is -0.155. The zero-order valence-electron chi connectivity index (χ0n) is 12.1. The van der Waals surface area contributed by atoms with Crippen molar-refractivity contribution in [2.75, 3.05) is 13.7 Å². The van der Waals surface area contributed by atoms with E-state index in [0.29, 0.717) is 18.9 Å². The summed E-state index contributed by atoms with van der Waals surface area (Å²) in [6.07, 6.45) is 4.18. The number of carbonyl (C=O) groups excluding carboxylic acids is 1. The smallest absolute Gasteiger partial charge is 0.334 e. The molecule has 2 atom stereocenters. The lowest BCUT2D eigenvalue weighted by Crippen LogP contribution is -2.27. The maximum absolute atomic E-state index is 11.6. The van der Waals surface area contributed by atoms with Gasteiger partial charge in [-0.15, -0.1) is 11.8 Å².